The molecule has 0 bridgehead atoms. The number of H-pyrrole nitrogens is 1. The lowest BCUT2D eigenvalue weighted by Gasteiger charge is -2.07. The third-order valence-electron chi connectivity index (χ3n) is 4.74. The predicted octanol–water partition coefficient (Wildman–Crippen LogP) is 4.11. The second kappa shape index (κ2) is 8.51. The summed E-state index contributed by atoms with van der Waals surface area (Å²) in [6, 6.07) is 16.3. The summed E-state index contributed by atoms with van der Waals surface area (Å²) in [6.07, 6.45) is 1.68. The van der Waals surface area contributed by atoms with E-state index in [1.165, 1.54) is 6.07 Å². The van der Waals surface area contributed by atoms with E-state index < -0.39 is 5.82 Å². The van der Waals surface area contributed by atoms with Gasteiger partial charge in [0.25, 0.3) is 0 Å². The SMILES string of the molecule is Cl.Fc1cc(-c2nc3ccc(C4=NCCN4)cc3[nH]2)ccc1OCc1ccccn1. The van der Waals surface area contributed by atoms with E-state index in [1.807, 2.05) is 36.4 Å². The van der Waals surface area contributed by atoms with E-state index in [9.17, 15) is 4.39 Å². The van der Waals surface area contributed by atoms with Crippen LogP contribution in [0.5, 0.6) is 5.75 Å². The molecule has 0 aliphatic carbocycles. The highest BCUT2D eigenvalue weighted by atomic mass is 35.5. The molecule has 2 aromatic heterocycles. The lowest BCUT2D eigenvalue weighted by molar-refractivity contribution is 0.286. The van der Waals surface area contributed by atoms with Crippen molar-refractivity contribution < 1.29 is 9.13 Å². The van der Waals surface area contributed by atoms with Gasteiger partial charge in [-0.2, -0.15) is 0 Å². The number of nitrogens with one attached hydrogen (secondary N) is 2. The van der Waals surface area contributed by atoms with Gasteiger partial charge in [0.1, 0.15) is 18.3 Å². The summed E-state index contributed by atoms with van der Waals surface area (Å²) >= 11 is 0. The van der Waals surface area contributed by atoms with Gasteiger partial charge in [-0.1, -0.05) is 6.07 Å². The fourth-order valence-corrected chi connectivity index (χ4v) is 3.29. The quantitative estimate of drug-likeness (QED) is 0.506. The number of benzene rings is 2. The average molecular weight is 424 g/mol. The van der Waals surface area contributed by atoms with Gasteiger partial charge in [-0.25, -0.2) is 9.37 Å². The second-order valence-electron chi connectivity index (χ2n) is 6.73. The molecule has 0 amide bonds. The molecular formula is C22H19ClFN5O. The van der Waals surface area contributed by atoms with Crippen LogP contribution >= 0.6 is 12.4 Å². The first-order valence-electron chi connectivity index (χ1n) is 9.37. The van der Waals surface area contributed by atoms with Crippen LogP contribution in [0.25, 0.3) is 22.4 Å². The maximum Gasteiger partial charge on any atom is 0.165 e. The lowest BCUT2D eigenvalue weighted by Crippen LogP contribution is -2.19. The van der Waals surface area contributed by atoms with Gasteiger partial charge in [0.15, 0.2) is 11.6 Å². The number of halogens is 2. The monoisotopic (exact) mass is 423 g/mol. The van der Waals surface area contributed by atoms with E-state index in [0.717, 1.165) is 41.2 Å². The fraction of sp³-hybridized carbons (Fsp3) is 0.136. The minimum absolute atomic E-state index is 0. The van der Waals surface area contributed by atoms with Crippen molar-refractivity contribution in [2.75, 3.05) is 13.1 Å². The topological polar surface area (TPSA) is 75.2 Å². The third kappa shape index (κ3) is 3.97. The summed E-state index contributed by atoms with van der Waals surface area (Å²) in [5.74, 6) is 1.24. The number of nitrogens with zero attached hydrogens (tertiary/aromatic N) is 3. The van der Waals surface area contributed by atoms with Gasteiger partial charge in [-0.3, -0.25) is 9.98 Å². The molecule has 8 heteroatoms. The Morgan fingerprint density at radius 2 is 1.93 bits per heavy atom. The zero-order chi connectivity index (χ0) is 19.6. The summed E-state index contributed by atoms with van der Waals surface area (Å²) in [5, 5.41) is 3.26. The maximum atomic E-state index is 14.6. The average Bonchev–Trinajstić information content (AvgIpc) is 3.43. The number of aromatic nitrogens is 3. The summed E-state index contributed by atoms with van der Waals surface area (Å²) in [6.45, 7) is 1.85. The van der Waals surface area contributed by atoms with Crippen LogP contribution in [0.1, 0.15) is 11.3 Å². The van der Waals surface area contributed by atoms with Crippen LogP contribution in [-0.4, -0.2) is 33.9 Å². The summed E-state index contributed by atoms with van der Waals surface area (Å²) in [7, 11) is 0. The van der Waals surface area contributed by atoms with Crippen molar-refractivity contribution in [3.8, 4) is 17.1 Å². The molecule has 0 radical (unpaired) electrons. The molecule has 152 valence electrons. The van der Waals surface area contributed by atoms with E-state index >= 15 is 0 Å². The van der Waals surface area contributed by atoms with Crippen LogP contribution in [0.4, 0.5) is 4.39 Å². The van der Waals surface area contributed by atoms with Gasteiger partial charge >= 0.3 is 0 Å². The first-order valence-corrected chi connectivity index (χ1v) is 9.37. The highest BCUT2D eigenvalue weighted by Crippen LogP contribution is 2.26. The number of rotatable bonds is 5. The number of hydrogen-bond donors (Lipinski definition) is 2. The number of amidine groups is 1. The molecule has 2 aromatic carbocycles. The third-order valence-corrected chi connectivity index (χ3v) is 4.74. The van der Waals surface area contributed by atoms with Crippen LogP contribution in [0, 0.1) is 5.82 Å². The van der Waals surface area contributed by atoms with Gasteiger partial charge in [0.05, 0.1) is 23.3 Å². The van der Waals surface area contributed by atoms with Crippen molar-refractivity contribution in [2.24, 2.45) is 4.99 Å². The normalized spacial score (nSPS) is 12.9. The first kappa shape index (κ1) is 19.8. The van der Waals surface area contributed by atoms with E-state index in [-0.39, 0.29) is 24.8 Å². The molecule has 5 rings (SSSR count). The van der Waals surface area contributed by atoms with E-state index in [4.69, 9.17) is 4.74 Å². The molecular weight excluding hydrogens is 405 g/mol. The van der Waals surface area contributed by atoms with Crippen LogP contribution in [0.3, 0.4) is 0 Å². The molecule has 0 spiro atoms. The summed E-state index contributed by atoms with van der Waals surface area (Å²) in [4.78, 5) is 16.5. The van der Waals surface area contributed by atoms with Crippen molar-refractivity contribution in [1.82, 2.24) is 20.3 Å². The molecule has 3 heterocycles. The van der Waals surface area contributed by atoms with E-state index in [0.29, 0.717) is 11.4 Å². The van der Waals surface area contributed by atoms with Gasteiger partial charge in [-0.15, -0.1) is 12.4 Å². The molecule has 0 atom stereocenters. The Labute approximate surface area is 178 Å². The number of aliphatic imine (C=N–C) groups is 1. The first-order chi connectivity index (χ1) is 14.3. The Kier molecular flexibility index (Phi) is 5.63. The molecule has 0 saturated carbocycles. The number of pyridine rings is 1. The summed E-state index contributed by atoms with van der Waals surface area (Å²) in [5.41, 5.74) is 4.10. The van der Waals surface area contributed by atoms with Crippen LogP contribution in [0.2, 0.25) is 0 Å². The van der Waals surface area contributed by atoms with Crippen molar-refractivity contribution in [2.45, 2.75) is 6.61 Å². The van der Waals surface area contributed by atoms with Gasteiger partial charge in [-0.05, 0) is 48.5 Å². The Bertz CT molecular complexity index is 1210. The van der Waals surface area contributed by atoms with Crippen LogP contribution < -0.4 is 10.1 Å². The van der Waals surface area contributed by atoms with E-state index in [1.54, 1.807) is 18.3 Å². The molecule has 0 fully saturated rings. The van der Waals surface area contributed by atoms with Crippen molar-refractivity contribution >= 4 is 29.3 Å². The molecule has 0 saturated heterocycles. The molecule has 6 nitrogen and oxygen atoms in total. The fourth-order valence-electron chi connectivity index (χ4n) is 3.29. The zero-order valence-electron chi connectivity index (χ0n) is 15.9. The Morgan fingerprint density at radius 3 is 2.70 bits per heavy atom. The van der Waals surface area contributed by atoms with Crippen LogP contribution in [0.15, 0.2) is 65.8 Å². The maximum absolute atomic E-state index is 14.6. The number of aromatic amines is 1. The molecule has 1 aliphatic heterocycles. The van der Waals surface area contributed by atoms with Crippen molar-refractivity contribution in [1.29, 1.82) is 0 Å². The predicted molar refractivity (Wildman–Crippen MR) is 117 cm³/mol. The molecule has 4 aromatic rings. The second-order valence-corrected chi connectivity index (χ2v) is 6.73. The van der Waals surface area contributed by atoms with Crippen LogP contribution in [-0.2, 0) is 6.61 Å². The highest BCUT2D eigenvalue weighted by molar-refractivity contribution is 6.02. The highest BCUT2D eigenvalue weighted by Gasteiger charge is 2.13. The van der Waals surface area contributed by atoms with Gasteiger partial charge in [0, 0.05) is 23.9 Å². The molecule has 2 N–H and O–H groups in total. The van der Waals surface area contributed by atoms with Gasteiger partial charge < -0.3 is 15.0 Å². The number of ether oxygens (including phenoxy) is 1. The number of fused-ring (bicyclic) bond motifs is 1. The Balaban J connectivity index is 0.00000218. The molecule has 0 unspecified atom stereocenters. The molecule has 30 heavy (non-hydrogen) atoms. The standard InChI is InChI=1S/C22H18FN5O.ClH/c23-17-11-14(5-7-20(17)29-13-16-3-1-2-8-24-16)22-27-18-6-4-15(12-19(18)28-22)21-25-9-10-26-21;/h1-8,11-12H,9-10,13H2,(H,25,26)(H,27,28);1H. The van der Waals surface area contributed by atoms with Crippen molar-refractivity contribution in [3.05, 3.63) is 77.9 Å². The zero-order valence-corrected chi connectivity index (χ0v) is 16.7. The Morgan fingerprint density at radius 1 is 1.03 bits per heavy atom. The number of imidazole rings is 1. The van der Waals surface area contributed by atoms with E-state index in [2.05, 4.69) is 25.3 Å². The number of hydrogen-bond acceptors (Lipinski definition) is 5. The summed E-state index contributed by atoms with van der Waals surface area (Å²) < 4.78 is 20.1. The Hall–Kier alpha value is -3.45. The minimum Gasteiger partial charge on any atom is -0.484 e. The lowest BCUT2D eigenvalue weighted by atomic mass is 10.2. The van der Waals surface area contributed by atoms with Gasteiger partial charge in [0.2, 0.25) is 0 Å². The molecule has 1 aliphatic rings. The minimum atomic E-state index is -0.441. The largest absolute Gasteiger partial charge is 0.484 e. The smallest absolute Gasteiger partial charge is 0.165 e. The van der Waals surface area contributed by atoms with Crippen molar-refractivity contribution in [3.63, 3.8) is 0 Å².